The Morgan fingerprint density at radius 1 is 1.05 bits per heavy atom. The number of fused-ring (bicyclic) bond motifs is 1. The number of benzene rings is 1. The van der Waals surface area contributed by atoms with E-state index in [1.54, 1.807) is 6.07 Å². The summed E-state index contributed by atoms with van der Waals surface area (Å²) in [6.07, 6.45) is 9.35. The van der Waals surface area contributed by atoms with E-state index < -0.39 is 5.97 Å². The molecule has 1 aliphatic heterocycles. The van der Waals surface area contributed by atoms with Gasteiger partial charge in [0.25, 0.3) is 0 Å². The van der Waals surface area contributed by atoms with Crippen LogP contribution >= 0.6 is 0 Å². The largest absolute Gasteiger partial charge is 0.478 e. The molecular formula is C18H27NO2. The van der Waals surface area contributed by atoms with E-state index in [9.17, 15) is 4.79 Å². The molecule has 116 valence electrons. The Kier molecular flexibility index (Phi) is 6.24. The first kappa shape index (κ1) is 16.0. The Morgan fingerprint density at radius 2 is 1.71 bits per heavy atom. The summed E-state index contributed by atoms with van der Waals surface area (Å²) in [5, 5.41) is 9.03. The van der Waals surface area contributed by atoms with Gasteiger partial charge in [0.15, 0.2) is 0 Å². The molecule has 1 aromatic carbocycles. The van der Waals surface area contributed by atoms with Crippen LogP contribution in [0.3, 0.4) is 0 Å². The Bertz CT molecular complexity index is 470. The summed E-state index contributed by atoms with van der Waals surface area (Å²) in [5.41, 5.74) is 2.90. The molecule has 0 amide bonds. The molecule has 0 fully saturated rings. The first-order chi connectivity index (χ1) is 10.2. The summed E-state index contributed by atoms with van der Waals surface area (Å²) >= 11 is 0. The Balaban J connectivity index is 1.67. The van der Waals surface area contributed by atoms with Gasteiger partial charge in [0.05, 0.1) is 5.56 Å². The van der Waals surface area contributed by atoms with Gasteiger partial charge in [-0.3, -0.25) is 4.90 Å². The number of hydrogen-bond donors (Lipinski definition) is 1. The summed E-state index contributed by atoms with van der Waals surface area (Å²) in [5.74, 6) is -0.830. The van der Waals surface area contributed by atoms with Gasteiger partial charge in [0.1, 0.15) is 0 Å². The summed E-state index contributed by atoms with van der Waals surface area (Å²) in [4.78, 5) is 13.4. The summed E-state index contributed by atoms with van der Waals surface area (Å²) in [6, 6.07) is 5.53. The van der Waals surface area contributed by atoms with Gasteiger partial charge < -0.3 is 5.11 Å². The molecule has 0 radical (unpaired) electrons. The molecule has 3 heteroatoms. The van der Waals surface area contributed by atoms with Crippen molar-refractivity contribution in [2.75, 3.05) is 6.54 Å². The van der Waals surface area contributed by atoms with E-state index in [4.69, 9.17) is 5.11 Å². The molecule has 21 heavy (non-hydrogen) atoms. The molecule has 3 nitrogen and oxygen atoms in total. The first-order valence-electron chi connectivity index (χ1n) is 8.28. The maximum absolute atomic E-state index is 11.0. The third-order valence-electron chi connectivity index (χ3n) is 4.32. The summed E-state index contributed by atoms with van der Waals surface area (Å²) in [6.45, 7) is 5.27. The fourth-order valence-corrected chi connectivity index (χ4v) is 3.05. The van der Waals surface area contributed by atoms with Crippen LogP contribution in [0.5, 0.6) is 0 Å². The van der Waals surface area contributed by atoms with E-state index in [0.29, 0.717) is 5.56 Å². The molecule has 1 heterocycles. The molecule has 0 spiro atoms. The summed E-state index contributed by atoms with van der Waals surface area (Å²) < 4.78 is 0. The molecule has 1 aromatic rings. The van der Waals surface area contributed by atoms with Crippen molar-refractivity contribution in [3.63, 3.8) is 0 Å². The zero-order chi connectivity index (χ0) is 15.1. The monoisotopic (exact) mass is 289 g/mol. The molecule has 1 N–H and O–H groups in total. The van der Waals surface area contributed by atoms with E-state index in [0.717, 1.165) is 19.6 Å². The third kappa shape index (κ3) is 4.85. The lowest BCUT2D eigenvalue weighted by atomic mass is 10.1. The second kappa shape index (κ2) is 8.18. The topological polar surface area (TPSA) is 40.5 Å². The van der Waals surface area contributed by atoms with E-state index in [2.05, 4.69) is 11.8 Å². The van der Waals surface area contributed by atoms with Crippen molar-refractivity contribution in [2.24, 2.45) is 0 Å². The molecule has 0 bridgehead atoms. The van der Waals surface area contributed by atoms with Crippen LogP contribution in [0.1, 0.15) is 73.4 Å². The highest BCUT2D eigenvalue weighted by molar-refractivity contribution is 5.87. The van der Waals surface area contributed by atoms with E-state index in [-0.39, 0.29) is 0 Å². The number of nitrogens with zero attached hydrogens (tertiary/aromatic N) is 1. The average molecular weight is 289 g/mol. The van der Waals surface area contributed by atoms with Crippen LogP contribution in [0.15, 0.2) is 18.2 Å². The average Bonchev–Trinajstić information content (AvgIpc) is 2.88. The number of hydrogen-bond acceptors (Lipinski definition) is 2. The van der Waals surface area contributed by atoms with Gasteiger partial charge in [0, 0.05) is 13.1 Å². The number of unbranched alkanes of at least 4 members (excludes halogenated alkanes) is 6. The zero-order valence-electron chi connectivity index (χ0n) is 13.1. The Morgan fingerprint density at radius 3 is 2.43 bits per heavy atom. The molecular weight excluding hydrogens is 262 g/mol. The maximum atomic E-state index is 11.0. The molecule has 0 unspecified atom stereocenters. The van der Waals surface area contributed by atoms with E-state index in [1.807, 2.05) is 12.1 Å². The van der Waals surface area contributed by atoms with Gasteiger partial charge >= 0.3 is 5.97 Å². The lowest BCUT2D eigenvalue weighted by Crippen LogP contribution is -2.17. The lowest BCUT2D eigenvalue weighted by Gasteiger charge is -2.14. The number of aromatic carboxylic acids is 1. The van der Waals surface area contributed by atoms with Crippen LogP contribution in [0.4, 0.5) is 0 Å². The predicted octanol–water partition coefficient (Wildman–Crippen LogP) is 4.45. The van der Waals surface area contributed by atoms with Crippen LogP contribution in [0.25, 0.3) is 0 Å². The number of rotatable bonds is 9. The van der Waals surface area contributed by atoms with Crippen molar-refractivity contribution >= 4 is 5.97 Å². The van der Waals surface area contributed by atoms with Gasteiger partial charge in [-0.2, -0.15) is 0 Å². The molecule has 0 aromatic heterocycles. The molecule has 2 rings (SSSR count). The standard InChI is InChI=1S/C18H27NO2/c1-2-3-4-5-6-7-8-11-19-13-16-10-9-15(18(20)21)12-17(16)14-19/h9-10,12H,2-8,11,13-14H2,1H3,(H,20,21). The molecule has 0 saturated heterocycles. The SMILES string of the molecule is CCCCCCCCCN1Cc2ccc(C(=O)O)cc2C1. The van der Waals surface area contributed by atoms with Crippen molar-refractivity contribution in [3.05, 3.63) is 34.9 Å². The minimum absolute atomic E-state index is 0.409. The van der Waals surface area contributed by atoms with Crippen LogP contribution in [0, 0.1) is 0 Å². The molecule has 0 aliphatic carbocycles. The number of carbonyl (C=O) groups is 1. The Hall–Kier alpha value is -1.35. The van der Waals surface area contributed by atoms with Crippen molar-refractivity contribution in [1.82, 2.24) is 4.90 Å². The smallest absolute Gasteiger partial charge is 0.335 e. The first-order valence-corrected chi connectivity index (χ1v) is 8.28. The highest BCUT2D eigenvalue weighted by Crippen LogP contribution is 2.24. The zero-order valence-corrected chi connectivity index (χ0v) is 13.1. The highest BCUT2D eigenvalue weighted by atomic mass is 16.4. The number of carboxylic acids is 1. The molecule has 0 atom stereocenters. The maximum Gasteiger partial charge on any atom is 0.335 e. The second-order valence-electron chi connectivity index (χ2n) is 6.12. The van der Waals surface area contributed by atoms with E-state index >= 15 is 0 Å². The van der Waals surface area contributed by atoms with Crippen molar-refractivity contribution in [2.45, 2.75) is 65.0 Å². The normalized spacial score (nSPS) is 14.3. The van der Waals surface area contributed by atoms with E-state index in [1.165, 1.54) is 56.1 Å². The molecule has 1 aliphatic rings. The van der Waals surface area contributed by atoms with Gasteiger partial charge in [-0.1, -0.05) is 51.5 Å². The van der Waals surface area contributed by atoms with Gasteiger partial charge in [-0.25, -0.2) is 4.79 Å². The van der Waals surface area contributed by atoms with Crippen LogP contribution in [-0.4, -0.2) is 22.5 Å². The fourth-order valence-electron chi connectivity index (χ4n) is 3.05. The predicted molar refractivity (Wildman–Crippen MR) is 85.5 cm³/mol. The van der Waals surface area contributed by atoms with Crippen molar-refractivity contribution in [1.29, 1.82) is 0 Å². The lowest BCUT2D eigenvalue weighted by molar-refractivity contribution is 0.0696. The number of carboxylic acid groups (broad SMARTS) is 1. The highest BCUT2D eigenvalue weighted by Gasteiger charge is 2.19. The van der Waals surface area contributed by atoms with Crippen molar-refractivity contribution < 1.29 is 9.90 Å². The van der Waals surface area contributed by atoms with Gasteiger partial charge in [0.2, 0.25) is 0 Å². The van der Waals surface area contributed by atoms with Crippen LogP contribution in [-0.2, 0) is 13.1 Å². The second-order valence-corrected chi connectivity index (χ2v) is 6.12. The minimum atomic E-state index is -0.830. The molecule has 0 saturated carbocycles. The quantitative estimate of drug-likeness (QED) is 0.683. The fraction of sp³-hybridized carbons (Fsp3) is 0.611. The Labute approximate surface area is 128 Å². The van der Waals surface area contributed by atoms with Gasteiger partial charge in [-0.05, 0) is 36.2 Å². The third-order valence-corrected chi connectivity index (χ3v) is 4.32. The van der Waals surface area contributed by atoms with Crippen LogP contribution in [0.2, 0.25) is 0 Å². The van der Waals surface area contributed by atoms with Crippen LogP contribution < -0.4 is 0 Å². The summed E-state index contributed by atoms with van der Waals surface area (Å²) in [7, 11) is 0. The van der Waals surface area contributed by atoms with Crippen molar-refractivity contribution in [3.8, 4) is 0 Å². The van der Waals surface area contributed by atoms with Gasteiger partial charge in [-0.15, -0.1) is 0 Å². The minimum Gasteiger partial charge on any atom is -0.478 e.